The van der Waals surface area contributed by atoms with Crippen LogP contribution in [0.2, 0.25) is 0 Å². The maximum atomic E-state index is 14.7. The lowest BCUT2D eigenvalue weighted by Gasteiger charge is -2.32. The summed E-state index contributed by atoms with van der Waals surface area (Å²) < 4.78 is 14.7. The van der Waals surface area contributed by atoms with Crippen molar-refractivity contribution in [3.63, 3.8) is 0 Å². The number of nitrogens with one attached hydrogen (secondary N) is 2. The highest BCUT2D eigenvalue weighted by Gasteiger charge is 2.37. The molecular weight excluding hydrogens is 471 g/mol. The molecule has 7 nitrogen and oxygen atoms in total. The highest BCUT2D eigenvalue weighted by molar-refractivity contribution is 5.98. The fourth-order valence-electron chi connectivity index (χ4n) is 5.12. The molecule has 4 rings (SSSR count). The molecule has 37 heavy (non-hydrogen) atoms. The van der Waals surface area contributed by atoms with Gasteiger partial charge in [0.05, 0.1) is 12.1 Å². The van der Waals surface area contributed by atoms with Gasteiger partial charge >= 0.3 is 0 Å². The molecule has 2 aliphatic rings. The van der Waals surface area contributed by atoms with Crippen molar-refractivity contribution in [2.75, 3.05) is 26.2 Å². The normalized spacial score (nSPS) is 22.4. The topological polar surface area (TPSA) is 81.8 Å². The maximum absolute atomic E-state index is 14.7. The number of benzene rings is 2. The van der Waals surface area contributed by atoms with E-state index >= 15 is 0 Å². The molecule has 2 N–H and O–H groups in total. The standard InChI is InChI=1S/C29H37FN4O3/c1-20(2)25-18-33(17-22-8-4-3-5-9-22)19-27(35)31-14-6-10-21-12-13-24(30)23(16-21)29(37)34-15-7-11-26(34)28(36)32-25/h3-5,8-9,12-13,16,20,25-26H,6-7,10-11,14-15,17-19H2,1-2H3,(H,31,35)(H,32,36)/t25-,26-/m0/s1. The highest BCUT2D eigenvalue weighted by atomic mass is 19.1. The van der Waals surface area contributed by atoms with E-state index in [1.165, 1.54) is 11.0 Å². The van der Waals surface area contributed by atoms with Gasteiger partial charge in [-0.2, -0.15) is 0 Å². The predicted octanol–water partition coefficient (Wildman–Crippen LogP) is 3.14. The lowest BCUT2D eigenvalue weighted by atomic mass is 10.0. The molecule has 2 aliphatic heterocycles. The summed E-state index contributed by atoms with van der Waals surface area (Å²) in [6.45, 7) is 6.25. The van der Waals surface area contributed by atoms with Crippen LogP contribution in [0.5, 0.6) is 0 Å². The van der Waals surface area contributed by atoms with Gasteiger partial charge in [0.15, 0.2) is 0 Å². The largest absolute Gasteiger partial charge is 0.355 e. The fraction of sp³-hybridized carbons (Fsp3) is 0.483. The minimum Gasteiger partial charge on any atom is -0.355 e. The van der Waals surface area contributed by atoms with E-state index in [1.54, 1.807) is 12.1 Å². The number of aryl methyl sites for hydroxylation is 1. The van der Waals surface area contributed by atoms with Crippen molar-refractivity contribution in [3.8, 4) is 0 Å². The SMILES string of the molecule is CC(C)[C@@H]1CN(Cc2ccccc2)CC(=O)NCCCc2ccc(F)c(c2)C(=O)N2CCC[C@H]2C(=O)N1. The van der Waals surface area contributed by atoms with Crippen LogP contribution >= 0.6 is 0 Å². The van der Waals surface area contributed by atoms with Gasteiger partial charge in [-0.25, -0.2) is 4.39 Å². The molecule has 198 valence electrons. The zero-order chi connectivity index (χ0) is 26.4. The Labute approximate surface area is 218 Å². The first-order valence-electron chi connectivity index (χ1n) is 13.2. The quantitative estimate of drug-likeness (QED) is 0.668. The number of hydrogen-bond acceptors (Lipinski definition) is 4. The van der Waals surface area contributed by atoms with E-state index in [2.05, 4.69) is 15.5 Å². The van der Waals surface area contributed by atoms with Gasteiger partial charge in [-0.15, -0.1) is 0 Å². The number of carbonyl (C=O) groups is 3. The van der Waals surface area contributed by atoms with Crippen molar-refractivity contribution in [2.24, 2.45) is 5.92 Å². The van der Waals surface area contributed by atoms with E-state index in [1.807, 2.05) is 44.2 Å². The van der Waals surface area contributed by atoms with Crippen molar-refractivity contribution in [3.05, 3.63) is 71.0 Å². The van der Waals surface area contributed by atoms with Gasteiger partial charge in [0, 0.05) is 32.2 Å². The third-order valence-corrected chi connectivity index (χ3v) is 7.25. The van der Waals surface area contributed by atoms with Gasteiger partial charge < -0.3 is 15.5 Å². The average Bonchev–Trinajstić information content (AvgIpc) is 3.37. The van der Waals surface area contributed by atoms with Gasteiger partial charge in [0.2, 0.25) is 11.8 Å². The number of fused-ring (bicyclic) bond motifs is 3. The first-order chi connectivity index (χ1) is 17.8. The Morgan fingerprint density at radius 2 is 1.84 bits per heavy atom. The number of hydrogen-bond donors (Lipinski definition) is 2. The number of nitrogens with zero attached hydrogens (tertiary/aromatic N) is 2. The van der Waals surface area contributed by atoms with Crippen LogP contribution in [-0.4, -0.2) is 65.8 Å². The summed E-state index contributed by atoms with van der Waals surface area (Å²) in [5.41, 5.74) is 1.91. The van der Waals surface area contributed by atoms with Crippen LogP contribution < -0.4 is 10.6 Å². The van der Waals surface area contributed by atoms with Crippen molar-refractivity contribution >= 4 is 17.7 Å². The van der Waals surface area contributed by atoms with Crippen molar-refractivity contribution < 1.29 is 18.8 Å². The van der Waals surface area contributed by atoms with Gasteiger partial charge in [0.25, 0.3) is 5.91 Å². The predicted molar refractivity (Wildman–Crippen MR) is 140 cm³/mol. The second-order valence-corrected chi connectivity index (χ2v) is 10.4. The molecule has 2 aromatic rings. The smallest absolute Gasteiger partial charge is 0.257 e. The first-order valence-corrected chi connectivity index (χ1v) is 13.2. The molecule has 0 spiro atoms. The summed E-state index contributed by atoms with van der Waals surface area (Å²) in [6, 6.07) is 13.7. The fourth-order valence-corrected chi connectivity index (χ4v) is 5.12. The van der Waals surface area contributed by atoms with Crippen LogP contribution in [0.1, 0.15) is 54.6 Å². The number of rotatable bonds is 3. The van der Waals surface area contributed by atoms with Crippen molar-refractivity contribution in [2.45, 2.75) is 58.2 Å². The minimum absolute atomic E-state index is 0.00000206. The molecule has 0 unspecified atom stereocenters. The van der Waals surface area contributed by atoms with Crippen LogP contribution in [0.4, 0.5) is 4.39 Å². The molecule has 2 bridgehead atoms. The Morgan fingerprint density at radius 3 is 2.59 bits per heavy atom. The Kier molecular flexibility index (Phi) is 8.92. The van der Waals surface area contributed by atoms with Gasteiger partial charge in [0.1, 0.15) is 11.9 Å². The van der Waals surface area contributed by atoms with Crippen LogP contribution in [0.15, 0.2) is 48.5 Å². The van der Waals surface area contributed by atoms with Gasteiger partial charge in [-0.1, -0.05) is 50.2 Å². The van der Waals surface area contributed by atoms with Crippen LogP contribution in [0.25, 0.3) is 0 Å². The Bertz CT molecular complexity index is 1110. The average molecular weight is 509 g/mol. The first kappa shape index (κ1) is 26.8. The van der Waals surface area contributed by atoms with Crippen LogP contribution in [0, 0.1) is 11.7 Å². The summed E-state index contributed by atoms with van der Waals surface area (Å²) >= 11 is 0. The Hall–Kier alpha value is -3.26. The second kappa shape index (κ2) is 12.3. The van der Waals surface area contributed by atoms with E-state index in [-0.39, 0.29) is 35.9 Å². The number of amides is 3. The third-order valence-electron chi connectivity index (χ3n) is 7.25. The molecule has 1 saturated heterocycles. The summed E-state index contributed by atoms with van der Waals surface area (Å²) in [5.74, 6) is -1.23. The third kappa shape index (κ3) is 6.95. The lowest BCUT2D eigenvalue weighted by molar-refractivity contribution is -0.126. The molecule has 2 atom stereocenters. The summed E-state index contributed by atoms with van der Waals surface area (Å²) in [4.78, 5) is 43.2. The summed E-state index contributed by atoms with van der Waals surface area (Å²) in [7, 11) is 0. The Balaban J connectivity index is 1.61. The van der Waals surface area contributed by atoms with E-state index < -0.39 is 17.8 Å². The summed E-state index contributed by atoms with van der Waals surface area (Å²) in [5, 5.41) is 6.14. The lowest BCUT2D eigenvalue weighted by Crippen LogP contribution is -2.53. The second-order valence-electron chi connectivity index (χ2n) is 10.4. The molecule has 0 radical (unpaired) electrons. The molecule has 1 fully saturated rings. The maximum Gasteiger partial charge on any atom is 0.257 e. The number of halogens is 1. The molecule has 8 heteroatoms. The van der Waals surface area contributed by atoms with Gasteiger partial charge in [-0.3, -0.25) is 19.3 Å². The molecule has 2 aromatic carbocycles. The monoisotopic (exact) mass is 508 g/mol. The van der Waals surface area contributed by atoms with E-state index in [0.29, 0.717) is 51.9 Å². The van der Waals surface area contributed by atoms with Crippen molar-refractivity contribution in [1.82, 2.24) is 20.4 Å². The molecule has 0 aromatic heterocycles. The van der Waals surface area contributed by atoms with E-state index in [9.17, 15) is 18.8 Å². The zero-order valence-electron chi connectivity index (χ0n) is 21.7. The molecular formula is C29H37FN4O3. The van der Waals surface area contributed by atoms with Crippen molar-refractivity contribution in [1.29, 1.82) is 0 Å². The molecule has 0 aliphatic carbocycles. The minimum atomic E-state index is -0.640. The molecule has 3 amide bonds. The van der Waals surface area contributed by atoms with E-state index in [0.717, 1.165) is 11.1 Å². The zero-order valence-corrected chi connectivity index (χ0v) is 21.7. The van der Waals surface area contributed by atoms with Gasteiger partial charge in [-0.05, 0) is 54.9 Å². The van der Waals surface area contributed by atoms with Crippen LogP contribution in [-0.2, 0) is 22.6 Å². The molecule has 0 saturated carbocycles. The Morgan fingerprint density at radius 1 is 1.05 bits per heavy atom. The summed E-state index contributed by atoms with van der Waals surface area (Å²) in [6.07, 6.45) is 2.51. The van der Waals surface area contributed by atoms with E-state index in [4.69, 9.17) is 0 Å². The number of carbonyl (C=O) groups excluding carboxylic acids is 3. The van der Waals surface area contributed by atoms with Crippen LogP contribution in [0.3, 0.4) is 0 Å². The molecule has 2 heterocycles. The highest BCUT2D eigenvalue weighted by Crippen LogP contribution is 2.23.